The molecule has 0 saturated carbocycles. The molecule has 3 saturated heterocycles. The monoisotopic (exact) mass is 805 g/mol. The number of H-pyrrole nitrogens is 1. The lowest BCUT2D eigenvalue weighted by atomic mass is 9.90. The molecule has 0 spiro atoms. The van der Waals surface area contributed by atoms with E-state index in [-0.39, 0.29) is 23.8 Å². The number of piperidine rings is 2. The van der Waals surface area contributed by atoms with E-state index in [9.17, 15) is 14.4 Å². The molecule has 59 heavy (non-hydrogen) atoms. The number of anilines is 2. The van der Waals surface area contributed by atoms with Gasteiger partial charge < -0.3 is 29.6 Å². The summed E-state index contributed by atoms with van der Waals surface area (Å²) in [4.78, 5) is 46.5. The standard InChI is InChI=1S/C41H49FN6O3.C5H7NO2/c1-41(2,42)25-47-17-14-30-29-6-4-5-7-34(29)44-37(30)38(47)32-9-8-27(20-36(32)50-3)46-15-12-26(13-16-46)22-45-18-19-48-28(23-45)24-51-39-33-21-43-40(49)31(33)10-11-35(39)48;7-4-2-1-3-5(8)6-4/h4-11,20,26,28,38,44H,12-19,21-25H2,1-3H3,(H,43,49);1-3H2,(H,6,7,8). The van der Waals surface area contributed by atoms with Gasteiger partial charge in [0, 0.05) is 117 Å². The molecule has 312 valence electrons. The number of hydrogen-bond donors (Lipinski definition) is 3. The van der Waals surface area contributed by atoms with Crippen LogP contribution >= 0.6 is 0 Å². The van der Waals surface area contributed by atoms with E-state index in [1.165, 1.54) is 16.6 Å². The SMILES string of the molecule is COc1cc(N2CCC(CN3CCN4c5ccc6c(c5OCC4C3)CNC6=O)CC2)ccc1C1c2[nH]c3ccccc3c2CCN1CC(C)(C)F.O=C1CCCC(=O)N1. The molecule has 10 rings (SSSR count). The van der Waals surface area contributed by atoms with Crippen molar-refractivity contribution < 1.29 is 28.2 Å². The van der Waals surface area contributed by atoms with Crippen molar-refractivity contribution in [1.29, 1.82) is 0 Å². The lowest BCUT2D eigenvalue weighted by Crippen LogP contribution is -2.58. The number of methoxy groups -OCH3 is 1. The molecule has 3 aromatic carbocycles. The zero-order valence-electron chi connectivity index (χ0n) is 34.4. The molecular weight excluding hydrogens is 750 g/mol. The van der Waals surface area contributed by atoms with Crippen LogP contribution in [0.2, 0.25) is 0 Å². The number of aromatic amines is 1. The van der Waals surface area contributed by atoms with Gasteiger partial charge in [-0.05, 0) is 75.3 Å². The predicted molar refractivity (Wildman–Crippen MR) is 226 cm³/mol. The molecule has 1 aromatic heterocycles. The number of imide groups is 1. The predicted octanol–water partition coefficient (Wildman–Crippen LogP) is 5.73. The van der Waals surface area contributed by atoms with Crippen LogP contribution in [0.5, 0.6) is 11.5 Å². The number of benzene rings is 3. The molecule has 0 bridgehead atoms. The Morgan fingerprint density at radius 2 is 1.71 bits per heavy atom. The third-order valence-corrected chi connectivity index (χ3v) is 13.0. The van der Waals surface area contributed by atoms with Crippen LogP contribution in [-0.4, -0.2) is 110 Å². The van der Waals surface area contributed by atoms with Gasteiger partial charge in [0.2, 0.25) is 11.8 Å². The number of hydrogen-bond acceptors (Lipinski definition) is 9. The fraction of sp³-hybridized carbons (Fsp3) is 0.500. The van der Waals surface area contributed by atoms with Crippen molar-refractivity contribution in [3.05, 3.63) is 82.5 Å². The zero-order chi connectivity index (χ0) is 40.8. The molecule has 12 nitrogen and oxygen atoms in total. The Balaban J connectivity index is 0.000000505. The molecule has 6 aliphatic heterocycles. The van der Waals surface area contributed by atoms with E-state index in [2.05, 4.69) is 83.7 Å². The molecule has 4 aromatic rings. The summed E-state index contributed by atoms with van der Waals surface area (Å²) in [6, 6.07) is 19.4. The van der Waals surface area contributed by atoms with Crippen LogP contribution in [0.25, 0.3) is 10.9 Å². The highest BCUT2D eigenvalue weighted by atomic mass is 19.1. The Bertz CT molecular complexity index is 2230. The van der Waals surface area contributed by atoms with Crippen molar-refractivity contribution in [2.24, 2.45) is 5.92 Å². The van der Waals surface area contributed by atoms with Crippen LogP contribution in [0.3, 0.4) is 0 Å². The van der Waals surface area contributed by atoms with Crippen LogP contribution in [0.4, 0.5) is 15.8 Å². The number of piperazine rings is 1. The molecule has 3 amide bonds. The van der Waals surface area contributed by atoms with Gasteiger partial charge in [-0.2, -0.15) is 0 Å². The second kappa shape index (κ2) is 16.1. The maximum Gasteiger partial charge on any atom is 0.252 e. The summed E-state index contributed by atoms with van der Waals surface area (Å²) in [5, 5.41) is 6.40. The van der Waals surface area contributed by atoms with Gasteiger partial charge in [0.25, 0.3) is 5.91 Å². The lowest BCUT2D eigenvalue weighted by Gasteiger charge is -2.47. The highest BCUT2D eigenvalue weighted by molar-refractivity contribution is 6.00. The fourth-order valence-electron chi connectivity index (χ4n) is 10.2. The van der Waals surface area contributed by atoms with Gasteiger partial charge >= 0.3 is 0 Å². The van der Waals surface area contributed by atoms with E-state index in [1.54, 1.807) is 21.0 Å². The highest BCUT2D eigenvalue weighted by Crippen LogP contribution is 2.44. The number of alkyl halides is 1. The van der Waals surface area contributed by atoms with Crippen molar-refractivity contribution >= 4 is 40.0 Å². The summed E-state index contributed by atoms with van der Waals surface area (Å²) in [5.74, 6) is 2.14. The number of aromatic nitrogens is 1. The van der Waals surface area contributed by atoms with E-state index in [1.807, 2.05) is 6.07 Å². The van der Waals surface area contributed by atoms with Gasteiger partial charge in [-0.3, -0.25) is 29.5 Å². The minimum absolute atomic E-state index is 0.000162. The minimum atomic E-state index is -1.32. The number of nitrogens with one attached hydrogen (secondary N) is 3. The summed E-state index contributed by atoms with van der Waals surface area (Å²) in [5.41, 5.74) is 7.47. The summed E-state index contributed by atoms with van der Waals surface area (Å²) < 4.78 is 27.6. The van der Waals surface area contributed by atoms with Crippen LogP contribution < -0.4 is 29.9 Å². The van der Waals surface area contributed by atoms with E-state index in [0.29, 0.717) is 50.9 Å². The fourth-order valence-corrected chi connectivity index (χ4v) is 10.2. The van der Waals surface area contributed by atoms with E-state index in [0.717, 1.165) is 110 Å². The number of para-hydroxylation sites is 1. The number of fused-ring (bicyclic) bond motifs is 8. The van der Waals surface area contributed by atoms with Crippen LogP contribution in [-0.2, 0) is 22.6 Å². The first-order chi connectivity index (χ1) is 28.5. The van der Waals surface area contributed by atoms with Gasteiger partial charge in [0.1, 0.15) is 23.8 Å². The largest absolute Gasteiger partial charge is 0.496 e. The molecule has 7 heterocycles. The Hall–Kier alpha value is -5.14. The Labute approximate surface area is 345 Å². The normalized spacial score (nSPS) is 22.3. The molecule has 2 unspecified atom stereocenters. The van der Waals surface area contributed by atoms with Gasteiger partial charge in [0.15, 0.2) is 0 Å². The molecule has 3 N–H and O–H groups in total. The number of rotatable bonds is 7. The average molecular weight is 806 g/mol. The summed E-state index contributed by atoms with van der Waals surface area (Å²) >= 11 is 0. The Kier molecular flexibility index (Phi) is 10.8. The summed E-state index contributed by atoms with van der Waals surface area (Å²) in [7, 11) is 1.76. The van der Waals surface area contributed by atoms with Crippen molar-refractivity contribution in [3.8, 4) is 11.5 Å². The summed E-state index contributed by atoms with van der Waals surface area (Å²) in [6.45, 7) is 11.9. The lowest BCUT2D eigenvalue weighted by molar-refractivity contribution is -0.132. The molecule has 13 heteroatoms. The van der Waals surface area contributed by atoms with Crippen molar-refractivity contribution in [1.82, 2.24) is 25.4 Å². The molecule has 6 aliphatic rings. The topological polar surface area (TPSA) is 122 Å². The van der Waals surface area contributed by atoms with Crippen LogP contribution in [0, 0.1) is 5.92 Å². The molecule has 2 atom stereocenters. The quantitative estimate of drug-likeness (QED) is 0.201. The van der Waals surface area contributed by atoms with Crippen molar-refractivity contribution in [2.75, 3.05) is 75.9 Å². The summed E-state index contributed by atoms with van der Waals surface area (Å²) in [6.07, 6.45) is 4.92. The average Bonchev–Trinajstić information content (AvgIpc) is 3.80. The molecular formula is C46H56FN7O5. The molecule has 0 aliphatic carbocycles. The third-order valence-electron chi connectivity index (χ3n) is 13.0. The minimum Gasteiger partial charge on any atom is -0.496 e. The zero-order valence-corrected chi connectivity index (χ0v) is 34.4. The van der Waals surface area contributed by atoms with Gasteiger partial charge in [0.05, 0.1) is 24.9 Å². The van der Waals surface area contributed by atoms with E-state index < -0.39 is 5.67 Å². The number of amides is 3. The number of halogens is 1. The van der Waals surface area contributed by atoms with Crippen LogP contribution in [0.1, 0.15) is 84.7 Å². The van der Waals surface area contributed by atoms with Gasteiger partial charge in [-0.1, -0.05) is 24.3 Å². The Morgan fingerprint density at radius 1 is 0.915 bits per heavy atom. The van der Waals surface area contributed by atoms with Gasteiger partial charge in [-0.15, -0.1) is 0 Å². The third kappa shape index (κ3) is 7.98. The van der Waals surface area contributed by atoms with Crippen LogP contribution in [0.15, 0.2) is 54.6 Å². The maximum absolute atomic E-state index is 15.2. The van der Waals surface area contributed by atoms with E-state index >= 15 is 4.39 Å². The Morgan fingerprint density at radius 3 is 2.46 bits per heavy atom. The molecule has 3 fully saturated rings. The highest BCUT2D eigenvalue weighted by Gasteiger charge is 2.39. The second-order valence-corrected chi connectivity index (χ2v) is 17.6. The van der Waals surface area contributed by atoms with Crippen molar-refractivity contribution in [3.63, 3.8) is 0 Å². The van der Waals surface area contributed by atoms with Gasteiger partial charge in [-0.25, -0.2) is 4.39 Å². The number of nitrogens with zero attached hydrogens (tertiary/aromatic N) is 4. The number of carbonyl (C=O) groups excluding carboxylic acids is 3. The number of ether oxygens (including phenoxy) is 2. The number of carbonyl (C=O) groups is 3. The second-order valence-electron chi connectivity index (χ2n) is 17.6. The van der Waals surface area contributed by atoms with E-state index in [4.69, 9.17) is 9.47 Å². The first-order valence-electron chi connectivity index (χ1n) is 21.4. The maximum atomic E-state index is 15.2. The first kappa shape index (κ1) is 39.3. The smallest absolute Gasteiger partial charge is 0.252 e. The van der Waals surface area contributed by atoms with Crippen molar-refractivity contribution in [2.45, 2.75) is 76.7 Å². The first-order valence-corrected chi connectivity index (χ1v) is 21.4. The molecule has 0 radical (unpaired) electrons.